The molecule has 0 saturated carbocycles. The number of aryl methyl sites for hydroxylation is 2. The van der Waals surface area contributed by atoms with Crippen molar-refractivity contribution in [3.05, 3.63) is 17.5 Å². The van der Waals surface area contributed by atoms with Crippen LogP contribution in [0.25, 0.3) is 0 Å². The first-order chi connectivity index (χ1) is 7.99. The number of nitrogens with zero attached hydrogens (tertiary/aromatic N) is 2. The van der Waals surface area contributed by atoms with E-state index >= 15 is 0 Å². The van der Waals surface area contributed by atoms with Crippen molar-refractivity contribution in [1.82, 2.24) is 20.4 Å². The van der Waals surface area contributed by atoms with Gasteiger partial charge in [-0.2, -0.15) is 5.10 Å². The predicted molar refractivity (Wildman–Crippen MR) is 67.5 cm³/mol. The molecule has 0 aliphatic carbocycles. The molecular formula is C12H22N4O. The van der Waals surface area contributed by atoms with Gasteiger partial charge in [0, 0.05) is 32.6 Å². The van der Waals surface area contributed by atoms with E-state index in [1.165, 1.54) is 0 Å². The molecule has 96 valence electrons. The van der Waals surface area contributed by atoms with Crippen LogP contribution in [-0.4, -0.2) is 28.3 Å². The van der Waals surface area contributed by atoms with E-state index in [1.807, 2.05) is 38.6 Å². The SMILES string of the molecule is Cc1cc(CNCCC(=O)NC(C)C)n(C)n1. The molecule has 0 fully saturated rings. The Morgan fingerprint density at radius 3 is 2.76 bits per heavy atom. The van der Waals surface area contributed by atoms with Crippen LogP contribution in [0.3, 0.4) is 0 Å². The molecule has 0 radical (unpaired) electrons. The molecule has 17 heavy (non-hydrogen) atoms. The predicted octanol–water partition coefficient (Wildman–Crippen LogP) is 0.733. The summed E-state index contributed by atoms with van der Waals surface area (Å²) >= 11 is 0. The second-order valence-corrected chi connectivity index (χ2v) is 4.55. The second kappa shape index (κ2) is 6.39. The Morgan fingerprint density at radius 1 is 1.53 bits per heavy atom. The van der Waals surface area contributed by atoms with Gasteiger partial charge >= 0.3 is 0 Å². The highest BCUT2D eigenvalue weighted by atomic mass is 16.1. The summed E-state index contributed by atoms with van der Waals surface area (Å²) < 4.78 is 1.86. The molecule has 0 bridgehead atoms. The van der Waals surface area contributed by atoms with Crippen LogP contribution in [0.4, 0.5) is 0 Å². The molecule has 1 aromatic rings. The van der Waals surface area contributed by atoms with Crippen molar-refractivity contribution < 1.29 is 4.79 Å². The van der Waals surface area contributed by atoms with Crippen molar-refractivity contribution in [2.24, 2.45) is 7.05 Å². The average molecular weight is 238 g/mol. The van der Waals surface area contributed by atoms with E-state index in [9.17, 15) is 4.79 Å². The molecule has 2 N–H and O–H groups in total. The second-order valence-electron chi connectivity index (χ2n) is 4.55. The van der Waals surface area contributed by atoms with Crippen LogP contribution >= 0.6 is 0 Å². The van der Waals surface area contributed by atoms with E-state index in [0.29, 0.717) is 13.0 Å². The van der Waals surface area contributed by atoms with E-state index in [1.54, 1.807) is 0 Å². The molecule has 0 atom stereocenters. The van der Waals surface area contributed by atoms with Gasteiger partial charge in [0.2, 0.25) is 5.91 Å². The maximum absolute atomic E-state index is 11.4. The molecule has 0 aliphatic heterocycles. The Labute approximate surface area is 103 Å². The first-order valence-corrected chi connectivity index (χ1v) is 5.98. The van der Waals surface area contributed by atoms with Crippen LogP contribution in [0.5, 0.6) is 0 Å². The highest BCUT2D eigenvalue weighted by Gasteiger charge is 2.04. The molecule has 0 aromatic carbocycles. The number of amides is 1. The molecule has 5 nitrogen and oxygen atoms in total. The summed E-state index contributed by atoms with van der Waals surface area (Å²) in [6.45, 7) is 7.32. The highest BCUT2D eigenvalue weighted by Crippen LogP contribution is 2.00. The zero-order valence-electron chi connectivity index (χ0n) is 11.1. The number of aromatic nitrogens is 2. The molecular weight excluding hydrogens is 216 g/mol. The minimum Gasteiger partial charge on any atom is -0.354 e. The summed E-state index contributed by atoms with van der Waals surface area (Å²) in [5.74, 6) is 0.0914. The quantitative estimate of drug-likeness (QED) is 0.718. The van der Waals surface area contributed by atoms with Crippen molar-refractivity contribution >= 4 is 5.91 Å². The van der Waals surface area contributed by atoms with Crippen molar-refractivity contribution in [1.29, 1.82) is 0 Å². The summed E-state index contributed by atoms with van der Waals surface area (Å²) in [5, 5.41) is 10.4. The average Bonchev–Trinajstić information content (AvgIpc) is 2.51. The topological polar surface area (TPSA) is 59.0 Å². The fraction of sp³-hybridized carbons (Fsp3) is 0.667. The molecule has 0 spiro atoms. The lowest BCUT2D eigenvalue weighted by molar-refractivity contribution is -0.121. The van der Waals surface area contributed by atoms with Gasteiger partial charge < -0.3 is 10.6 Å². The third-order valence-corrected chi connectivity index (χ3v) is 2.38. The Kier molecular flexibility index (Phi) is 5.15. The van der Waals surface area contributed by atoms with Gasteiger partial charge in [0.05, 0.1) is 11.4 Å². The normalized spacial score (nSPS) is 10.9. The number of carbonyl (C=O) groups excluding carboxylic acids is 1. The molecule has 1 heterocycles. The lowest BCUT2D eigenvalue weighted by atomic mass is 10.3. The fourth-order valence-corrected chi connectivity index (χ4v) is 1.64. The van der Waals surface area contributed by atoms with Gasteiger partial charge in [-0.05, 0) is 26.8 Å². The van der Waals surface area contributed by atoms with E-state index in [-0.39, 0.29) is 11.9 Å². The Hall–Kier alpha value is -1.36. The fourth-order valence-electron chi connectivity index (χ4n) is 1.64. The monoisotopic (exact) mass is 238 g/mol. The third-order valence-electron chi connectivity index (χ3n) is 2.38. The van der Waals surface area contributed by atoms with Crippen LogP contribution in [0.1, 0.15) is 31.7 Å². The van der Waals surface area contributed by atoms with Gasteiger partial charge in [0.25, 0.3) is 0 Å². The molecule has 0 unspecified atom stereocenters. The number of hydrogen-bond donors (Lipinski definition) is 2. The smallest absolute Gasteiger partial charge is 0.221 e. The zero-order chi connectivity index (χ0) is 12.8. The lowest BCUT2D eigenvalue weighted by Crippen LogP contribution is -2.32. The number of rotatable bonds is 6. The standard InChI is InChI=1S/C12H22N4O/c1-9(2)14-12(17)5-6-13-8-11-7-10(3)15-16(11)4/h7,9,13H,5-6,8H2,1-4H3,(H,14,17). The first kappa shape index (κ1) is 13.7. The van der Waals surface area contributed by atoms with E-state index in [4.69, 9.17) is 0 Å². The minimum absolute atomic E-state index is 0.0914. The molecule has 5 heteroatoms. The van der Waals surface area contributed by atoms with E-state index in [2.05, 4.69) is 15.7 Å². The zero-order valence-corrected chi connectivity index (χ0v) is 11.1. The van der Waals surface area contributed by atoms with Gasteiger partial charge in [0.15, 0.2) is 0 Å². The van der Waals surface area contributed by atoms with Crippen molar-refractivity contribution in [3.63, 3.8) is 0 Å². The maximum Gasteiger partial charge on any atom is 0.221 e. The van der Waals surface area contributed by atoms with Crippen LogP contribution in [0, 0.1) is 6.92 Å². The number of carbonyl (C=O) groups is 1. The molecule has 0 aliphatic rings. The molecule has 1 rings (SSSR count). The summed E-state index contributed by atoms with van der Waals surface area (Å²) in [6, 6.07) is 2.25. The third kappa shape index (κ3) is 4.99. The maximum atomic E-state index is 11.4. The van der Waals surface area contributed by atoms with Gasteiger partial charge in [-0.1, -0.05) is 0 Å². The van der Waals surface area contributed by atoms with Gasteiger partial charge in [-0.3, -0.25) is 9.48 Å². The number of nitrogens with one attached hydrogen (secondary N) is 2. The Bertz CT molecular complexity index is 371. The van der Waals surface area contributed by atoms with Gasteiger partial charge in [0.1, 0.15) is 0 Å². The van der Waals surface area contributed by atoms with Crippen LogP contribution in [-0.2, 0) is 18.4 Å². The summed E-state index contributed by atoms with van der Waals surface area (Å²) in [4.78, 5) is 11.4. The van der Waals surface area contributed by atoms with Crippen LogP contribution in [0.2, 0.25) is 0 Å². The van der Waals surface area contributed by atoms with Crippen molar-refractivity contribution in [3.8, 4) is 0 Å². The van der Waals surface area contributed by atoms with Crippen LogP contribution in [0.15, 0.2) is 6.07 Å². The lowest BCUT2D eigenvalue weighted by Gasteiger charge is -2.08. The van der Waals surface area contributed by atoms with Gasteiger partial charge in [-0.25, -0.2) is 0 Å². The van der Waals surface area contributed by atoms with E-state index in [0.717, 1.165) is 17.9 Å². The first-order valence-electron chi connectivity index (χ1n) is 5.98. The Balaban J connectivity index is 2.20. The summed E-state index contributed by atoms with van der Waals surface area (Å²) in [6.07, 6.45) is 0.509. The molecule has 0 saturated heterocycles. The summed E-state index contributed by atoms with van der Waals surface area (Å²) in [5.41, 5.74) is 2.15. The van der Waals surface area contributed by atoms with Crippen molar-refractivity contribution in [2.75, 3.05) is 6.54 Å². The highest BCUT2D eigenvalue weighted by molar-refractivity contribution is 5.76. The van der Waals surface area contributed by atoms with Crippen molar-refractivity contribution in [2.45, 2.75) is 39.8 Å². The van der Waals surface area contributed by atoms with Crippen LogP contribution < -0.4 is 10.6 Å². The minimum atomic E-state index is 0.0914. The summed E-state index contributed by atoms with van der Waals surface area (Å²) in [7, 11) is 1.93. The molecule has 1 aromatic heterocycles. The van der Waals surface area contributed by atoms with E-state index < -0.39 is 0 Å². The van der Waals surface area contributed by atoms with Gasteiger partial charge in [-0.15, -0.1) is 0 Å². The largest absolute Gasteiger partial charge is 0.354 e. The number of hydrogen-bond acceptors (Lipinski definition) is 3. The molecule has 1 amide bonds. The Morgan fingerprint density at radius 2 is 2.24 bits per heavy atom.